The maximum Gasteiger partial charge on any atom is 0.258 e. The fraction of sp³-hybridized carbons (Fsp3) is 0.308. The number of hydrogen-bond donors (Lipinski definition) is 1. The molecular weight excluding hydrogens is 244 g/mol. The molecule has 1 N–H and O–H groups in total. The molecule has 1 aliphatic heterocycles. The summed E-state index contributed by atoms with van der Waals surface area (Å²) in [5, 5.41) is 6.99. The fourth-order valence-electron chi connectivity index (χ4n) is 2.00. The quantitative estimate of drug-likeness (QED) is 0.891. The number of carbonyl (C=O) groups excluding carboxylic acids is 1. The van der Waals surface area contributed by atoms with E-state index in [2.05, 4.69) is 15.4 Å². The van der Waals surface area contributed by atoms with Crippen molar-refractivity contribution in [2.75, 3.05) is 6.61 Å². The van der Waals surface area contributed by atoms with E-state index in [1.807, 2.05) is 12.1 Å². The van der Waals surface area contributed by atoms with Gasteiger partial charge in [-0.05, 0) is 11.6 Å². The molecule has 6 heteroatoms. The molecule has 3 rings (SSSR count). The largest absolute Gasteiger partial charge is 0.477 e. The van der Waals surface area contributed by atoms with Crippen molar-refractivity contribution in [2.45, 2.75) is 19.5 Å². The molecule has 0 bridgehead atoms. The number of rotatable bonds is 3. The first-order chi connectivity index (χ1) is 9.34. The van der Waals surface area contributed by atoms with Crippen molar-refractivity contribution in [2.24, 2.45) is 0 Å². The standard InChI is InChI=1S/C13H14N4O2/c18-12(15-8-10-3-1-4-14-7-10)11-9-16-17-5-2-6-19-13(11)17/h1,3-4,7,9H,2,5-6,8H2,(H,15,18). The molecule has 19 heavy (non-hydrogen) atoms. The second kappa shape index (κ2) is 5.09. The second-order valence-corrected chi connectivity index (χ2v) is 4.33. The number of amides is 1. The van der Waals surface area contributed by atoms with Crippen molar-refractivity contribution in [1.29, 1.82) is 0 Å². The molecule has 2 aromatic rings. The topological polar surface area (TPSA) is 69.0 Å². The van der Waals surface area contributed by atoms with Gasteiger partial charge in [0, 0.05) is 31.9 Å². The van der Waals surface area contributed by atoms with Gasteiger partial charge in [-0.2, -0.15) is 5.10 Å². The molecule has 0 fully saturated rings. The smallest absolute Gasteiger partial charge is 0.258 e. The normalized spacial score (nSPS) is 13.5. The molecule has 1 aliphatic rings. The lowest BCUT2D eigenvalue weighted by Gasteiger charge is -2.15. The van der Waals surface area contributed by atoms with Crippen LogP contribution in [0.4, 0.5) is 0 Å². The SMILES string of the molecule is O=C(NCc1cccnc1)c1cnn2c1OCCC2. The van der Waals surface area contributed by atoms with Gasteiger partial charge in [0.05, 0.1) is 12.8 Å². The third kappa shape index (κ3) is 2.42. The highest BCUT2D eigenvalue weighted by Crippen LogP contribution is 2.22. The zero-order valence-electron chi connectivity index (χ0n) is 10.4. The maximum absolute atomic E-state index is 12.1. The van der Waals surface area contributed by atoms with Gasteiger partial charge in [0.1, 0.15) is 5.56 Å². The molecule has 0 saturated heterocycles. The van der Waals surface area contributed by atoms with E-state index in [4.69, 9.17) is 4.74 Å². The van der Waals surface area contributed by atoms with E-state index in [-0.39, 0.29) is 5.91 Å². The van der Waals surface area contributed by atoms with Crippen LogP contribution in [-0.4, -0.2) is 27.3 Å². The summed E-state index contributed by atoms with van der Waals surface area (Å²) in [5.41, 5.74) is 1.45. The second-order valence-electron chi connectivity index (χ2n) is 4.33. The first-order valence-corrected chi connectivity index (χ1v) is 6.20. The summed E-state index contributed by atoms with van der Waals surface area (Å²) < 4.78 is 7.22. The average Bonchev–Trinajstić information content (AvgIpc) is 2.90. The van der Waals surface area contributed by atoms with Gasteiger partial charge in [0.25, 0.3) is 5.91 Å². The minimum atomic E-state index is -0.174. The number of ether oxygens (including phenoxy) is 1. The number of aromatic nitrogens is 3. The summed E-state index contributed by atoms with van der Waals surface area (Å²) >= 11 is 0. The number of nitrogens with zero attached hydrogens (tertiary/aromatic N) is 3. The third-order valence-corrected chi connectivity index (χ3v) is 2.96. The van der Waals surface area contributed by atoms with Gasteiger partial charge in [-0.3, -0.25) is 9.78 Å². The third-order valence-electron chi connectivity index (χ3n) is 2.96. The Bertz CT molecular complexity index is 580. The Morgan fingerprint density at radius 2 is 2.42 bits per heavy atom. The zero-order chi connectivity index (χ0) is 13.1. The van der Waals surface area contributed by atoms with E-state index >= 15 is 0 Å². The predicted molar refractivity (Wildman–Crippen MR) is 67.7 cm³/mol. The molecule has 6 nitrogen and oxygen atoms in total. The first-order valence-electron chi connectivity index (χ1n) is 6.20. The summed E-state index contributed by atoms with van der Waals surface area (Å²) in [6.07, 6.45) is 5.90. The summed E-state index contributed by atoms with van der Waals surface area (Å²) in [5.74, 6) is 0.391. The van der Waals surface area contributed by atoms with E-state index in [0.717, 1.165) is 18.5 Å². The Kier molecular flexibility index (Phi) is 3.14. The molecule has 3 heterocycles. The fourth-order valence-corrected chi connectivity index (χ4v) is 2.00. The molecule has 0 unspecified atom stereocenters. The summed E-state index contributed by atoms with van der Waals surface area (Å²) in [7, 11) is 0. The van der Waals surface area contributed by atoms with E-state index in [0.29, 0.717) is 24.6 Å². The van der Waals surface area contributed by atoms with Crippen molar-refractivity contribution in [3.8, 4) is 5.88 Å². The molecule has 0 aromatic carbocycles. The molecule has 0 aliphatic carbocycles. The van der Waals surface area contributed by atoms with Crippen LogP contribution in [0.3, 0.4) is 0 Å². The lowest BCUT2D eigenvalue weighted by atomic mass is 10.2. The Balaban J connectivity index is 1.69. The highest BCUT2D eigenvalue weighted by Gasteiger charge is 2.21. The van der Waals surface area contributed by atoms with Crippen LogP contribution in [0.15, 0.2) is 30.7 Å². The van der Waals surface area contributed by atoms with Crippen molar-refractivity contribution in [3.63, 3.8) is 0 Å². The van der Waals surface area contributed by atoms with E-state index in [1.165, 1.54) is 0 Å². The molecule has 2 aromatic heterocycles. The van der Waals surface area contributed by atoms with Crippen LogP contribution in [0.25, 0.3) is 0 Å². The van der Waals surface area contributed by atoms with E-state index in [9.17, 15) is 4.79 Å². The van der Waals surface area contributed by atoms with Crippen LogP contribution < -0.4 is 10.1 Å². The monoisotopic (exact) mass is 258 g/mol. The number of carbonyl (C=O) groups is 1. The first kappa shape index (κ1) is 11.7. The summed E-state index contributed by atoms with van der Waals surface area (Å²) in [4.78, 5) is 16.1. The van der Waals surface area contributed by atoms with Crippen molar-refractivity contribution in [1.82, 2.24) is 20.1 Å². The van der Waals surface area contributed by atoms with Gasteiger partial charge in [-0.15, -0.1) is 0 Å². The summed E-state index contributed by atoms with van der Waals surface area (Å²) in [6.45, 7) is 1.87. The predicted octanol–water partition coefficient (Wildman–Crippen LogP) is 0.991. The van der Waals surface area contributed by atoms with Gasteiger partial charge in [-0.1, -0.05) is 6.07 Å². The Hall–Kier alpha value is -2.37. The molecule has 0 radical (unpaired) electrons. The van der Waals surface area contributed by atoms with Crippen LogP contribution in [0.1, 0.15) is 22.3 Å². The van der Waals surface area contributed by atoms with E-state index in [1.54, 1.807) is 23.3 Å². The lowest BCUT2D eigenvalue weighted by molar-refractivity contribution is 0.0944. The van der Waals surface area contributed by atoms with Gasteiger partial charge in [0.15, 0.2) is 0 Å². The van der Waals surface area contributed by atoms with Crippen LogP contribution in [0.2, 0.25) is 0 Å². The van der Waals surface area contributed by atoms with Crippen LogP contribution in [0.5, 0.6) is 5.88 Å². The van der Waals surface area contributed by atoms with Crippen LogP contribution in [-0.2, 0) is 13.1 Å². The minimum absolute atomic E-state index is 0.174. The van der Waals surface area contributed by atoms with Gasteiger partial charge in [0.2, 0.25) is 5.88 Å². The van der Waals surface area contributed by atoms with Gasteiger partial charge < -0.3 is 10.1 Å². The number of pyridine rings is 1. The van der Waals surface area contributed by atoms with Gasteiger partial charge in [-0.25, -0.2) is 4.68 Å². The number of hydrogen-bond acceptors (Lipinski definition) is 4. The van der Waals surface area contributed by atoms with Crippen LogP contribution in [0, 0.1) is 0 Å². The van der Waals surface area contributed by atoms with Crippen molar-refractivity contribution < 1.29 is 9.53 Å². The maximum atomic E-state index is 12.1. The summed E-state index contributed by atoms with van der Waals surface area (Å²) in [6, 6.07) is 3.75. The Morgan fingerprint density at radius 3 is 3.26 bits per heavy atom. The molecular formula is C13H14N4O2. The highest BCUT2D eigenvalue weighted by molar-refractivity contribution is 5.96. The van der Waals surface area contributed by atoms with E-state index < -0.39 is 0 Å². The molecule has 0 atom stereocenters. The average molecular weight is 258 g/mol. The number of aryl methyl sites for hydroxylation is 1. The van der Waals surface area contributed by atoms with Crippen molar-refractivity contribution >= 4 is 5.91 Å². The molecule has 0 spiro atoms. The molecule has 0 saturated carbocycles. The van der Waals surface area contributed by atoms with Crippen molar-refractivity contribution in [3.05, 3.63) is 41.9 Å². The zero-order valence-corrected chi connectivity index (χ0v) is 10.4. The highest BCUT2D eigenvalue weighted by atomic mass is 16.5. The van der Waals surface area contributed by atoms with Gasteiger partial charge >= 0.3 is 0 Å². The molecule has 98 valence electrons. The lowest BCUT2D eigenvalue weighted by Crippen LogP contribution is -2.24. The Labute approximate surface area is 110 Å². The van der Waals surface area contributed by atoms with Crippen LogP contribution >= 0.6 is 0 Å². The number of nitrogens with one attached hydrogen (secondary N) is 1. The molecule has 1 amide bonds. The minimum Gasteiger partial charge on any atom is -0.477 e. The Morgan fingerprint density at radius 1 is 1.47 bits per heavy atom. The number of fused-ring (bicyclic) bond motifs is 1.